The molecule has 0 radical (unpaired) electrons. The van der Waals surface area contributed by atoms with Crippen molar-refractivity contribution in [3.63, 3.8) is 0 Å². The fourth-order valence-electron chi connectivity index (χ4n) is 4.05. The van der Waals surface area contributed by atoms with Crippen LogP contribution < -0.4 is 0 Å². The van der Waals surface area contributed by atoms with Crippen LogP contribution in [-0.4, -0.2) is 66.0 Å². The number of rotatable bonds is 4. The van der Waals surface area contributed by atoms with Gasteiger partial charge in [0.05, 0.1) is 6.61 Å². The zero-order chi connectivity index (χ0) is 17.8. The van der Waals surface area contributed by atoms with E-state index in [0.29, 0.717) is 44.3 Å². The number of piperidine rings is 1. The van der Waals surface area contributed by atoms with Gasteiger partial charge >= 0.3 is 0 Å². The first-order valence-electron chi connectivity index (χ1n) is 9.11. The van der Waals surface area contributed by atoms with Crippen LogP contribution in [0.5, 0.6) is 0 Å². The summed E-state index contributed by atoms with van der Waals surface area (Å²) in [6.07, 6.45) is 3.32. The molecule has 2 aliphatic heterocycles. The van der Waals surface area contributed by atoms with Gasteiger partial charge in [-0.3, -0.25) is 9.59 Å². The third-order valence-electron chi connectivity index (χ3n) is 5.31. The first kappa shape index (κ1) is 17.9. The normalized spacial score (nSPS) is 24.0. The quantitative estimate of drug-likeness (QED) is 0.836. The van der Waals surface area contributed by atoms with Crippen molar-refractivity contribution in [2.45, 2.75) is 38.6 Å². The SMILES string of the molecule is COCCN1C(=O)CCC[C@H]2CN(C(=O)c3cccc(C)n3)CC[C@H]21. The van der Waals surface area contributed by atoms with Gasteiger partial charge in [-0.15, -0.1) is 0 Å². The number of carbonyl (C=O) groups excluding carboxylic acids is 2. The summed E-state index contributed by atoms with van der Waals surface area (Å²) in [6, 6.07) is 5.77. The summed E-state index contributed by atoms with van der Waals surface area (Å²) in [4.78, 5) is 33.5. The minimum Gasteiger partial charge on any atom is -0.383 e. The van der Waals surface area contributed by atoms with Crippen molar-refractivity contribution in [1.29, 1.82) is 0 Å². The molecule has 2 atom stereocenters. The number of aromatic nitrogens is 1. The Morgan fingerprint density at radius 1 is 1.36 bits per heavy atom. The lowest BCUT2D eigenvalue weighted by atomic mass is 9.88. The molecular formula is C19H27N3O3. The van der Waals surface area contributed by atoms with Crippen LogP contribution in [0.15, 0.2) is 18.2 Å². The van der Waals surface area contributed by atoms with Crippen molar-refractivity contribution in [2.24, 2.45) is 5.92 Å². The summed E-state index contributed by atoms with van der Waals surface area (Å²) >= 11 is 0. The second kappa shape index (κ2) is 7.95. The monoisotopic (exact) mass is 345 g/mol. The molecule has 2 amide bonds. The van der Waals surface area contributed by atoms with Crippen molar-refractivity contribution >= 4 is 11.8 Å². The lowest BCUT2D eigenvalue weighted by molar-refractivity contribution is -0.135. The fraction of sp³-hybridized carbons (Fsp3) is 0.632. The average molecular weight is 345 g/mol. The maximum Gasteiger partial charge on any atom is 0.272 e. The molecule has 6 heteroatoms. The molecule has 1 aromatic heterocycles. The zero-order valence-electron chi connectivity index (χ0n) is 15.1. The number of nitrogens with zero attached hydrogens (tertiary/aromatic N) is 3. The van der Waals surface area contributed by atoms with Gasteiger partial charge in [-0.05, 0) is 44.2 Å². The number of methoxy groups -OCH3 is 1. The van der Waals surface area contributed by atoms with Gasteiger partial charge in [0.15, 0.2) is 0 Å². The molecule has 0 N–H and O–H groups in total. The van der Waals surface area contributed by atoms with E-state index in [1.54, 1.807) is 13.2 Å². The van der Waals surface area contributed by atoms with Crippen molar-refractivity contribution in [3.05, 3.63) is 29.6 Å². The molecule has 2 saturated heterocycles. The lowest BCUT2D eigenvalue weighted by Gasteiger charge is -2.42. The zero-order valence-corrected chi connectivity index (χ0v) is 15.1. The number of hydrogen-bond donors (Lipinski definition) is 0. The second-order valence-electron chi connectivity index (χ2n) is 7.00. The molecule has 2 aliphatic rings. The van der Waals surface area contributed by atoms with Gasteiger partial charge < -0.3 is 14.5 Å². The Morgan fingerprint density at radius 2 is 2.20 bits per heavy atom. The summed E-state index contributed by atoms with van der Waals surface area (Å²) in [5, 5.41) is 0. The van der Waals surface area contributed by atoms with E-state index >= 15 is 0 Å². The standard InChI is InChI=1S/C19H27N3O3/c1-14-5-3-7-16(20-14)19(24)21-10-9-17-15(13-21)6-4-8-18(23)22(17)11-12-25-2/h3,5,7,15,17H,4,6,8-13H2,1-2H3/t15-,17+/m0/s1. The number of hydrogen-bond acceptors (Lipinski definition) is 4. The lowest BCUT2D eigenvalue weighted by Crippen LogP contribution is -2.53. The number of amides is 2. The Hall–Kier alpha value is -1.95. The summed E-state index contributed by atoms with van der Waals surface area (Å²) in [6.45, 7) is 4.48. The highest BCUT2D eigenvalue weighted by Crippen LogP contribution is 2.31. The molecule has 3 rings (SSSR count). The van der Waals surface area contributed by atoms with E-state index in [9.17, 15) is 9.59 Å². The van der Waals surface area contributed by atoms with Gasteiger partial charge in [0.1, 0.15) is 5.69 Å². The van der Waals surface area contributed by atoms with E-state index in [2.05, 4.69) is 4.98 Å². The van der Waals surface area contributed by atoms with Gasteiger partial charge in [0, 0.05) is 44.9 Å². The highest BCUT2D eigenvalue weighted by atomic mass is 16.5. The van der Waals surface area contributed by atoms with Crippen LogP contribution in [0.4, 0.5) is 0 Å². The Balaban J connectivity index is 1.71. The molecule has 0 bridgehead atoms. The van der Waals surface area contributed by atoms with E-state index in [1.807, 2.05) is 28.9 Å². The predicted octanol–water partition coefficient (Wildman–Crippen LogP) is 1.88. The first-order chi connectivity index (χ1) is 12.1. The molecule has 25 heavy (non-hydrogen) atoms. The van der Waals surface area contributed by atoms with Gasteiger partial charge in [0.25, 0.3) is 5.91 Å². The Labute approximate surface area is 149 Å². The van der Waals surface area contributed by atoms with Gasteiger partial charge in [-0.2, -0.15) is 0 Å². The molecule has 136 valence electrons. The van der Waals surface area contributed by atoms with Gasteiger partial charge in [-0.1, -0.05) is 6.07 Å². The van der Waals surface area contributed by atoms with E-state index in [4.69, 9.17) is 4.74 Å². The number of carbonyl (C=O) groups is 2. The van der Waals surface area contributed by atoms with E-state index in [0.717, 1.165) is 25.0 Å². The third-order valence-corrected chi connectivity index (χ3v) is 5.31. The molecule has 0 spiro atoms. The maximum absolute atomic E-state index is 12.8. The van der Waals surface area contributed by atoms with E-state index in [1.165, 1.54) is 0 Å². The van der Waals surface area contributed by atoms with Crippen LogP contribution in [0.3, 0.4) is 0 Å². The number of pyridine rings is 1. The van der Waals surface area contributed by atoms with Crippen molar-refractivity contribution in [3.8, 4) is 0 Å². The third kappa shape index (κ3) is 4.00. The molecule has 0 saturated carbocycles. The molecule has 3 heterocycles. The van der Waals surface area contributed by atoms with Crippen molar-refractivity contribution in [1.82, 2.24) is 14.8 Å². The van der Waals surface area contributed by atoms with Crippen LogP contribution in [0.25, 0.3) is 0 Å². The molecular weight excluding hydrogens is 318 g/mol. The Morgan fingerprint density at radius 3 is 2.96 bits per heavy atom. The minimum absolute atomic E-state index is 0.00108. The summed E-state index contributed by atoms with van der Waals surface area (Å²) in [7, 11) is 1.66. The predicted molar refractivity (Wildman–Crippen MR) is 94.2 cm³/mol. The maximum atomic E-state index is 12.8. The fourth-order valence-corrected chi connectivity index (χ4v) is 4.05. The van der Waals surface area contributed by atoms with Crippen LogP contribution in [0.2, 0.25) is 0 Å². The number of ether oxygens (including phenoxy) is 1. The summed E-state index contributed by atoms with van der Waals surface area (Å²) in [5.74, 6) is 0.566. The molecule has 1 aromatic rings. The van der Waals surface area contributed by atoms with E-state index in [-0.39, 0.29) is 17.9 Å². The number of aryl methyl sites for hydroxylation is 1. The minimum atomic E-state index is 0.00108. The Kier molecular flexibility index (Phi) is 5.68. The van der Waals surface area contributed by atoms with Crippen molar-refractivity contribution < 1.29 is 14.3 Å². The second-order valence-corrected chi connectivity index (χ2v) is 7.00. The largest absolute Gasteiger partial charge is 0.383 e. The molecule has 2 fully saturated rings. The highest BCUT2D eigenvalue weighted by Gasteiger charge is 2.38. The summed E-state index contributed by atoms with van der Waals surface area (Å²) in [5.41, 5.74) is 1.37. The first-order valence-corrected chi connectivity index (χ1v) is 9.11. The molecule has 0 aromatic carbocycles. The van der Waals surface area contributed by atoms with Gasteiger partial charge in [0.2, 0.25) is 5.91 Å². The van der Waals surface area contributed by atoms with Crippen LogP contribution in [0.1, 0.15) is 41.9 Å². The smallest absolute Gasteiger partial charge is 0.272 e. The molecule has 6 nitrogen and oxygen atoms in total. The highest BCUT2D eigenvalue weighted by molar-refractivity contribution is 5.92. The summed E-state index contributed by atoms with van der Waals surface area (Å²) < 4.78 is 5.18. The van der Waals surface area contributed by atoms with Crippen LogP contribution in [0, 0.1) is 12.8 Å². The average Bonchev–Trinajstić information content (AvgIpc) is 2.77. The molecule has 0 aliphatic carbocycles. The van der Waals surface area contributed by atoms with Crippen LogP contribution in [-0.2, 0) is 9.53 Å². The van der Waals surface area contributed by atoms with Gasteiger partial charge in [-0.25, -0.2) is 4.98 Å². The van der Waals surface area contributed by atoms with Crippen LogP contribution >= 0.6 is 0 Å². The van der Waals surface area contributed by atoms with Crippen molar-refractivity contribution in [2.75, 3.05) is 33.4 Å². The topological polar surface area (TPSA) is 62.7 Å². The molecule has 0 unspecified atom stereocenters. The van der Waals surface area contributed by atoms with E-state index < -0.39 is 0 Å². The number of likely N-dealkylation sites (tertiary alicyclic amines) is 2. The Bertz CT molecular complexity index is 634. The number of fused-ring (bicyclic) bond motifs is 1.